The van der Waals surface area contributed by atoms with E-state index in [9.17, 15) is 10.1 Å². The van der Waals surface area contributed by atoms with Crippen molar-refractivity contribution in [2.75, 3.05) is 7.11 Å². The Morgan fingerprint density at radius 3 is 2.65 bits per heavy atom. The first kappa shape index (κ1) is 14.0. The monoisotopic (exact) mass is 295 g/mol. The molecule has 0 spiro atoms. The molecule has 20 heavy (non-hydrogen) atoms. The summed E-state index contributed by atoms with van der Waals surface area (Å²) in [4.78, 5) is 18.3. The normalized spacial score (nSPS) is 10.2. The molecular weight excluding hydrogens is 286 g/mol. The molecule has 0 fully saturated rings. The quantitative estimate of drug-likeness (QED) is 0.489. The molecule has 7 nitrogen and oxygen atoms in total. The summed E-state index contributed by atoms with van der Waals surface area (Å²) in [5, 5.41) is 11.2. The Hall–Kier alpha value is -2.41. The smallest absolute Gasteiger partial charge is 0.311 e. The minimum Gasteiger partial charge on any atom is -0.497 e. The zero-order valence-corrected chi connectivity index (χ0v) is 11.4. The first-order valence-electron chi connectivity index (χ1n) is 5.51. The molecule has 0 unspecified atom stereocenters. The van der Waals surface area contributed by atoms with Crippen LogP contribution >= 0.6 is 11.6 Å². The highest BCUT2D eigenvalue weighted by atomic mass is 35.5. The molecule has 0 atom stereocenters. The van der Waals surface area contributed by atoms with Gasteiger partial charge in [0.25, 0.3) is 0 Å². The van der Waals surface area contributed by atoms with Crippen LogP contribution in [0.1, 0.15) is 5.82 Å². The van der Waals surface area contributed by atoms with Crippen molar-refractivity contribution in [1.82, 2.24) is 9.97 Å². The molecule has 104 valence electrons. The molecule has 2 rings (SSSR count). The molecule has 0 saturated carbocycles. The average Bonchev–Trinajstić information content (AvgIpc) is 2.37. The maximum Gasteiger partial charge on any atom is 0.311 e. The number of benzene rings is 1. The molecule has 0 saturated heterocycles. The van der Waals surface area contributed by atoms with E-state index in [2.05, 4.69) is 9.97 Å². The van der Waals surface area contributed by atoms with Crippen LogP contribution in [0.4, 0.5) is 5.69 Å². The highest BCUT2D eigenvalue weighted by Crippen LogP contribution is 2.34. The number of hydrogen-bond donors (Lipinski definition) is 0. The van der Waals surface area contributed by atoms with Crippen molar-refractivity contribution in [2.45, 2.75) is 6.92 Å². The van der Waals surface area contributed by atoms with Crippen molar-refractivity contribution in [3.05, 3.63) is 45.4 Å². The second-order valence-electron chi connectivity index (χ2n) is 3.77. The van der Waals surface area contributed by atoms with Crippen LogP contribution < -0.4 is 9.47 Å². The van der Waals surface area contributed by atoms with Crippen LogP contribution in [-0.2, 0) is 0 Å². The van der Waals surface area contributed by atoms with E-state index in [1.165, 1.54) is 31.4 Å². The molecular formula is C12H10ClN3O4. The largest absolute Gasteiger partial charge is 0.497 e. The van der Waals surface area contributed by atoms with Gasteiger partial charge in [0, 0.05) is 18.2 Å². The van der Waals surface area contributed by atoms with Crippen LogP contribution in [0.15, 0.2) is 24.3 Å². The molecule has 0 aliphatic heterocycles. The summed E-state index contributed by atoms with van der Waals surface area (Å²) in [6.45, 7) is 1.64. The van der Waals surface area contributed by atoms with Gasteiger partial charge in [0.15, 0.2) is 0 Å². The minimum atomic E-state index is -0.551. The van der Waals surface area contributed by atoms with E-state index < -0.39 is 4.92 Å². The van der Waals surface area contributed by atoms with Crippen molar-refractivity contribution in [3.63, 3.8) is 0 Å². The van der Waals surface area contributed by atoms with Crippen molar-refractivity contribution in [1.29, 1.82) is 0 Å². The minimum absolute atomic E-state index is 0.0171. The average molecular weight is 296 g/mol. The number of halogens is 1. The Kier molecular flexibility index (Phi) is 3.99. The molecule has 1 aromatic heterocycles. The van der Waals surface area contributed by atoms with E-state index in [1.54, 1.807) is 6.92 Å². The van der Waals surface area contributed by atoms with Gasteiger partial charge >= 0.3 is 5.69 Å². The lowest BCUT2D eigenvalue weighted by Crippen LogP contribution is -1.97. The molecule has 1 heterocycles. The topological polar surface area (TPSA) is 87.4 Å². The van der Waals surface area contributed by atoms with Gasteiger partial charge in [-0.15, -0.1) is 0 Å². The standard InChI is InChI=1S/C12H10ClN3O4/c1-7-14-11(13)6-12(15-7)20-10-5-8(19-2)3-4-9(10)16(17)18/h3-6H,1-2H3. The van der Waals surface area contributed by atoms with Gasteiger partial charge in [0.1, 0.15) is 16.7 Å². The Morgan fingerprint density at radius 2 is 2.05 bits per heavy atom. The van der Waals surface area contributed by atoms with E-state index in [0.29, 0.717) is 11.6 Å². The van der Waals surface area contributed by atoms with E-state index >= 15 is 0 Å². The number of rotatable bonds is 4. The van der Waals surface area contributed by atoms with Gasteiger partial charge in [-0.3, -0.25) is 10.1 Å². The second-order valence-corrected chi connectivity index (χ2v) is 4.16. The number of aromatic nitrogens is 2. The fraction of sp³-hybridized carbons (Fsp3) is 0.167. The van der Waals surface area contributed by atoms with Crippen LogP contribution in [0, 0.1) is 17.0 Å². The van der Waals surface area contributed by atoms with Crippen molar-refractivity contribution >= 4 is 17.3 Å². The predicted octanol–water partition coefficient (Wildman–Crippen LogP) is 3.15. The van der Waals surface area contributed by atoms with Gasteiger partial charge in [-0.05, 0) is 13.0 Å². The van der Waals surface area contributed by atoms with Gasteiger partial charge in [-0.1, -0.05) is 11.6 Å². The maximum atomic E-state index is 11.0. The second kappa shape index (κ2) is 5.70. The van der Waals surface area contributed by atoms with Crippen LogP contribution in [0.3, 0.4) is 0 Å². The zero-order valence-electron chi connectivity index (χ0n) is 10.7. The van der Waals surface area contributed by atoms with E-state index in [-0.39, 0.29) is 22.5 Å². The summed E-state index contributed by atoms with van der Waals surface area (Å²) in [6, 6.07) is 5.55. The van der Waals surface area contributed by atoms with Gasteiger partial charge < -0.3 is 9.47 Å². The summed E-state index contributed by atoms with van der Waals surface area (Å²) in [5.74, 6) is 0.975. The van der Waals surface area contributed by atoms with Gasteiger partial charge in [0.2, 0.25) is 11.6 Å². The van der Waals surface area contributed by atoms with Crippen LogP contribution in [0.25, 0.3) is 0 Å². The lowest BCUT2D eigenvalue weighted by Gasteiger charge is -2.08. The van der Waals surface area contributed by atoms with Crippen LogP contribution in [0.5, 0.6) is 17.4 Å². The van der Waals surface area contributed by atoms with Crippen LogP contribution in [-0.4, -0.2) is 22.0 Å². The van der Waals surface area contributed by atoms with Crippen LogP contribution in [0.2, 0.25) is 5.15 Å². The number of hydrogen-bond acceptors (Lipinski definition) is 6. The number of nitro benzene ring substituents is 1. The fourth-order valence-corrected chi connectivity index (χ4v) is 1.74. The third-order valence-corrected chi connectivity index (χ3v) is 2.56. The highest BCUT2D eigenvalue weighted by molar-refractivity contribution is 6.29. The van der Waals surface area contributed by atoms with Crippen molar-refractivity contribution < 1.29 is 14.4 Å². The van der Waals surface area contributed by atoms with Crippen molar-refractivity contribution in [3.8, 4) is 17.4 Å². The molecule has 0 bridgehead atoms. The first-order chi connectivity index (χ1) is 9.49. The maximum absolute atomic E-state index is 11.0. The number of ether oxygens (including phenoxy) is 2. The van der Waals surface area contributed by atoms with E-state index in [0.717, 1.165) is 0 Å². The summed E-state index contributed by atoms with van der Waals surface area (Å²) in [6.07, 6.45) is 0. The molecule has 0 amide bonds. The molecule has 8 heteroatoms. The van der Waals surface area contributed by atoms with Crippen molar-refractivity contribution in [2.24, 2.45) is 0 Å². The van der Waals surface area contributed by atoms with Gasteiger partial charge in [-0.2, -0.15) is 4.98 Å². The summed E-state index contributed by atoms with van der Waals surface area (Å²) in [5.41, 5.74) is -0.196. The summed E-state index contributed by atoms with van der Waals surface area (Å²) in [7, 11) is 1.46. The van der Waals surface area contributed by atoms with E-state index in [4.69, 9.17) is 21.1 Å². The zero-order chi connectivity index (χ0) is 14.7. The van der Waals surface area contributed by atoms with E-state index in [1.807, 2.05) is 0 Å². The number of aryl methyl sites for hydroxylation is 1. The number of nitro groups is 1. The lowest BCUT2D eigenvalue weighted by atomic mass is 10.3. The highest BCUT2D eigenvalue weighted by Gasteiger charge is 2.17. The SMILES string of the molecule is COc1ccc([N+](=O)[O-])c(Oc2cc(Cl)nc(C)n2)c1. The molecule has 0 aliphatic carbocycles. The Morgan fingerprint density at radius 1 is 1.30 bits per heavy atom. The molecule has 2 aromatic rings. The lowest BCUT2D eigenvalue weighted by molar-refractivity contribution is -0.385. The number of nitrogens with zero attached hydrogens (tertiary/aromatic N) is 3. The Bertz CT molecular complexity index is 643. The van der Waals surface area contributed by atoms with Gasteiger partial charge in [0.05, 0.1) is 12.0 Å². The summed E-state index contributed by atoms with van der Waals surface area (Å²) >= 11 is 5.79. The molecule has 0 N–H and O–H groups in total. The number of methoxy groups -OCH3 is 1. The summed E-state index contributed by atoms with van der Waals surface area (Å²) < 4.78 is 10.4. The molecule has 0 radical (unpaired) electrons. The molecule has 1 aromatic carbocycles. The molecule has 0 aliphatic rings. The predicted molar refractivity (Wildman–Crippen MR) is 71.5 cm³/mol. The Labute approximate surface area is 119 Å². The third-order valence-electron chi connectivity index (χ3n) is 2.36. The Balaban J connectivity index is 2.42. The van der Waals surface area contributed by atoms with Gasteiger partial charge in [-0.25, -0.2) is 4.98 Å². The third kappa shape index (κ3) is 3.12. The fourth-order valence-electron chi connectivity index (χ4n) is 1.52. The first-order valence-corrected chi connectivity index (χ1v) is 5.89.